The van der Waals surface area contributed by atoms with Gasteiger partial charge in [-0.05, 0) is 37.8 Å². The third-order valence-electron chi connectivity index (χ3n) is 2.70. The number of hydrogen-bond acceptors (Lipinski definition) is 6. The molecule has 6 heteroatoms. The Labute approximate surface area is 124 Å². The van der Waals surface area contributed by atoms with Crippen LogP contribution in [0.1, 0.15) is 43.0 Å². The molecule has 0 aliphatic rings. The fraction of sp³-hybridized carbons (Fsp3) is 0.467. The maximum absolute atomic E-state index is 11.8. The van der Waals surface area contributed by atoms with Crippen LogP contribution in [0.5, 0.6) is 11.5 Å². The lowest BCUT2D eigenvalue weighted by molar-refractivity contribution is -0.141. The van der Waals surface area contributed by atoms with E-state index in [-0.39, 0.29) is 29.6 Å². The highest BCUT2D eigenvalue weighted by atomic mass is 16.5. The second-order valence-electron chi connectivity index (χ2n) is 4.61. The van der Waals surface area contributed by atoms with E-state index < -0.39 is 5.97 Å². The lowest BCUT2D eigenvalue weighted by Gasteiger charge is -2.06. The Hall–Kier alpha value is -2.24. The minimum atomic E-state index is -0.575. The van der Waals surface area contributed by atoms with Gasteiger partial charge in [0.2, 0.25) is 0 Å². The van der Waals surface area contributed by atoms with Gasteiger partial charge in [0, 0.05) is 13.0 Å². The molecule has 116 valence electrons. The molecule has 6 nitrogen and oxygen atoms in total. The van der Waals surface area contributed by atoms with Crippen LogP contribution >= 0.6 is 0 Å². The second-order valence-corrected chi connectivity index (χ2v) is 4.61. The second kappa shape index (κ2) is 8.84. The number of ether oxygens (including phenoxy) is 2. The quantitative estimate of drug-likeness (QED) is 0.537. The van der Waals surface area contributed by atoms with Crippen LogP contribution in [0, 0.1) is 0 Å². The summed E-state index contributed by atoms with van der Waals surface area (Å²) in [5.41, 5.74) is 0.136. The first-order chi connectivity index (χ1) is 10.5. The molecule has 0 atom stereocenters. The molecule has 0 heterocycles. The number of carbonyl (C=O) groups excluding carboxylic acids is 2. The lowest BCUT2D eigenvalue weighted by Crippen LogP contribution is -2.06. The molecule has 0 spiro atoms. The minimum absolute atomic E-state index is 0.0671. The summed E-state index contributed by atoms with van der Waals surface area (Å²) in [4.78, 5) is 22.3. The Morgan fingerprint density at radius 1 is 1.05 bits per heavy atom. The first-order valence-corrected chi connectivity index (χ1v) is 6.80. The van der Waals surface area contributed by atoms with Crippen molar-refractivity contribution in [3.05, 3.63) is 23.8 Å². The van der Waals surface area contributed by atoms with E-state index >= 15 is 0 Å². The molecule has 0 saturated heterocycles. The normalized spacial score (nSPS) is 10.6. The Balaban J connectivity index is 2.21. The standard InChI is InChI=1S/C15H20O6/c1-11(16)20-6-4-2-3-5-7-21-15(19)12-8-13(17)10-14(18)9-12/h8-10,17-18H,2-7H2,1H3/i/hD. The third kappa shape index (κ3) is 7.20. The van der Waals surface area contributed by atoms with E-state index in [0.29, 0.717) is 13.0 Å². The number of carbonyl (C=O) groups is 2. The number of unbranched alkanes of at least 4 members (excludes halogenated alkanes) is 3. The number of phenols is 2. The van der Waals surface area contributed by atoms with Crippen LogP contribution in [0.25, 0.3) is 0 Å². The molecular weight excluding hydrogens is 276 g/mol. The largest absolute Gasteiger partial charge is 0.508 e. The molecule has 1 aromatic rings. The molecule has 0 saturated carbocycles. The molecule has 0 aromatic heterocycles. The molecule has 0 unspecified atom stereocenters. The highest BCUT2D eigenvalue weighted by Crippen LogP contribution is 2.20. The number of aromatic hydroxyl groups is 2. The zero-order chi connectivity index (χ0) is 16.4. The van der Waals surface area contributed by atoms with E-state index in [1.807, 2.05) is 0 Å². The number of benzene rings is 1. The Bertz CT molecular complexity index is 503. The van der Waals surface area contributed by atoms with Gasteiger partial charge < -0.3 is 19.7 Å². The molecule has 1 aromatic carbocycles. The van der Waals surface area contributed by atoms with Crippen molar-refractivity contribution in [2.45, 2.75) is 32.6 Å². The van der Waals surface area contributed by atoms with Crippen LogP contribution in [0.3, 0.4) is 0 Å². The van der Waals surface area contributed by atoms with Crippen molar-refractivity contribution in [3.63, 3.8) is 0 Å². The van der Waals surface area contributed by atoms with Crippen molar-refractivity contribution in [2.24, 2.45) is 0 Å². The summed E-state index contributed by atoms with van der Waals surface area (Å²) < 4.78 is 16.6. The van der Waals surface area contributed by atoms with Crippen molar-refractivity contribution < 1.29 is 29.3 Å². The predicted octanol–water partition coefficient (Wildman–Crippen LogP) is 2.38. The number of phenolic OH excluding ortho intramolecular Hbond substituents is 2. The monoisotopic (exact) mass is 297 g/mol. The summed E-state index contributed by atoms with van der Waals surface area (Å²) >= 11 is 0. The SMILES string of the molecule is [2H]Oc1cc(O)cc(C(=O)OCCCCCCOC(C)=O)c1. The molecule has 1 rings (SSSR count). The minimum Gasteiger partial charge on any atom is -0.508 e. The maximum atomic E-state index is 11.8. The van der Waals surface area contributed by atoms with Gasteiger partial charge in [0.1, 0.15) is 11.5 Å². The summed E-state index contributed by atoms with van der Waals surface area (Å²) in [5.74, 6) is -0.954. The maximum Gasteiger partial charge on any atom is 0.338 e. The number of rotatable bonds is 9. The molecule has 21 heavy (non-hydrogen) atoms. The fourth-order valence-corrected chi connectivity index (χ4v) is 1.72. The summed E-state index contributed by atoms with van der Waals surface area (Å²) in [7, 11) is 0. The fourth-order valence-electron chi connectivity index (χ4n) is 1.72. The van der Waals surface area contributed by atoms with Gasteiger partial charge in [-0.15, -0.1) is 0 Å². The van der Waals surface area contributed by atoms with Crippen LogP contribution in [-0.4, -0.2) is 36.8 Å². The van der Waals surface area contributed by atoms with Gasteiger partial charge in [-0.3, -0.25) is 4.79 Å². The lowest BCUT2D eigenvalue weighted by atomic mass is 10.2. The van der Waals surface area contributed by atoms with Crippen LogP contribution < -0.4 is 0 Å². The Kier molecular flexibility index (Phi) is 6.38. The highest BCUT2D eigenvalue weighted by molar-refractivity contribution is 5.90. The zero-order valence-corrected chi connectivity index (χ0v) is 12.0. The van der Waals surface area contributed by atoms with Crippen molar-refractivity contribution in [1.82, 2.24) is 0 Å². The smallest absolute Gasteiger partial charge is 0.338 e. The zero-order valence-electron chi connectivity index (χ0n) is 13.0. The molecule has 0 radical (unpaired) electrons. The molecule has 0 amide bonds. The molecule has 0 bridgehead atoms. The van der Waals surface area contributed by atoms with E-state index in [1.54, 1.807) is 0 Å². The summed E-state index contributed by atoms with van der Waals surface area (Å²) in [5, 5.41) is 13.6. The van der Waals surface area contributed by atoms with Crippen LogP contribution in [-0.2, 0) is 14.3 Å². The van der Waals surface area contributed by atoms with E-state index in [9.17, 15) is 14.7 Å². The molecule has 0 aliphatic carbocycles. The average molecular weight is 297 g/mol. The van der Waals surface area contributed by atoms with Crippen molar-refractivity contribution in [3.8, 4) is 11.5 Å². The highest BCUT2D eigenvalue weighted by Gasteiger charge is 2.09. The average Bonchev–Trinajstić information content (AvgIpc) is 2.48. The van der Waals surface area contributed by atoms with Gasteiger partial charge in [0.25, 0.3) is 1.43 Å². The van der Waals surface area contributed by atoms with Gasteiger partial charge >= 0.3 is 11.9 Å². The van der Waals surface area contributed by atoms with Gasteiger partial charge in [0.15, 0.2) is 0 Å². The topological polar surface area (TPSA) is 93.1 Å². The molecule has 0 fully saturated rings. The van der Waals surface area contributed by atoms with E-state index in [4.69, 9.17) is 10.9 Å². The summed E-state index contributed by atoms with van der Waals surface area (Å²) in [6.45, 7) is 2.05. The van der Waals surface area contributed by atoms with Gasteiger partial charge in [-0.25, -0.2) is 4.79 Å². The third-order valence-corrected chi connectivity index (χ3v) is 2.70. The summed E-state index contributed by atoms with van der Waals surface area (Å²) in [6.07, 6.45) is 3.22. The first-order valence-electron chi connectivity index (χ1n) is 7.21. The first kappa shape index (κ1) is 15.2. The number of esters is 2. The van der Waals surface area contributed by atoms with Crippen molar-refractivity contribution in [2.75, 3.05) is 13.2 Å². The van der Waals surface area contributed by atoms with Crippen LogP contribution in [0.4, 0.5) is 0 Å². The van der Waals surface area contributed by atoms with E-state index in [2.05, 4.69) is 5.11 Å². The van der Waals surface area contributed by atoms with Crippen LogP contribution in [0.15, 0.2) is 18.2 Å². The van der Waals surface area contributed by atoms with Gasteiger partial charge in [-0.1, -0.05) is 0 Å². The van der Waals surface area contributed by atoms with Gasteiger partial charge in [0.05, 0.1) is 18.8 Å². The predicted molar refractivity (Wildman–Crippen MR) is 75.2 cm³/mol. The van der Waals surface area contributed by atoms with Crippen LogP contribution in [0.2, 0.25) is 0 Å². The van der Waals surface area contributed by atoms with E-state index in [0.717, 1.165) is 19.3 Å². The van der Waals surface area contributed by atoms with Gasteiger partial charge in [-0.2, -0.15) is 0 Å². The molecular formula is C15H20O6. The Morgan fingerprint density at radius 3 is 2.29 bits per heavy atom. The summed E-state index contributed by atoms with van der Waals surface area (Å²) in [6, 6.07) is 3.81. The molecule has 2 N–H and O–H groups in total. The van der Waals surface area contributed by atoms with E-state index in [1.165, 1.54) is 25.1 Å². The Morgan fingerprint density at radius 2 is 1.67 bits per heavy atom. The number of hydrogen-bond donors (Lipinski definition) is 2. The van der Waals surface area contributed by atoms with Crippen molar-refractivity contribution in [1.29, 1.82) is 1.43 Å². The van der Waals surface area contributed by atoms with Crippen molar-refractivity contribution >= 4 is 11.9 Å². The molecule has 0 aliphatic heterocycles.